The van der Waals surface area contributed by atoms with Crippen LogP contribution in [-0.2, 0) is 17.8 Å². The molecule has 0 spiro atoms. The van der Waals surface area contributed by atoms with E-state index in [1.54, 1.807) is 18.0 Å². The molecule has 2 nitrogen and oxygen atoms in total. The summed E-state index contributed by atoms with van der Waals surface area (Å²) in [6.45, 7) is 0. The molecule has 80 valence electrons. The summed E-state index contributed by atoms with van der Waals surface area (Å²) in [7, 11) is 1.08. The van der Waals surface area contributed by atoms with E-state index in [0.29, 0.717) is 0 Å². The van der Waals surface area contributed by atoms with Gasteiger partial charge in [0, 0.05) is 24.2 Å². The molecular formula is C11H13NOS2. The van der Waals surface area contributed by atoms with Gasteiger partial charge in [0.05, 0.1) is 20.7 Å². The van der Waals surface area contributed by atoms with E-state index >= 15 is 0 Å². The smallest absolute Gasteiger partial charge is 0.0918 e. The fourth-order valence-electron chi connectivity index (χ4n) is 1.84. The number of aromatic nitrogens is 1. The summed E-state index contributed by atoms with van der Waals surface area (Å²) in [5.41, 5.74) is 1.15. The van der Waals surface area contributed by atoms with Crippen LogP contribution in [0.2, 0.25) is 0 Å². The van der Waals surface area contributed by atoms with Gasteiger partial charge in [-0.2, -0.15) is 0 Å². The molecule has 0 N–H and O–H groups in total. The Bertz CT molecular complexity index is 531. The van der Waals surface area contributed by atoms with Gasteiger partial charge in [0.15, 0.2) is 0 Å². The number of benzene rings is 1. The normalized spacial score (nSPS) is 13.3. The number of thioether (sulfide) groups is 1. The van der Waals surface area contributed by atoms with Gasteiger partial charge in [0.25, 0.3) is 0 Å². The molecule has 0 fully saturated rings. The van der Waals surface area contributed by atoms with Crippen LogP contribution in [0.15, 0.2) is 34.2 Å². The highest BCUT2D eigenvalue weighted by Gasteiger charge is 2.16. The van der Waals surface area contributed by atoms with E-state index in [1.807, 2.05) is 31.5 Å². The zero-order valence-electron chi connectivity index (χ0n) is 8.98. The van der Waals surface area contributed by atoms with Crippen molar-refractivity contribution in [2.24, 2.45) is 7.05 Å². The van der Waals surface area contributed by atoms with E-state index in [-0.39, 0.29) is 0 Å². The van der Waals surface area contributed by atoms with Crippen molar-refractivity contribution >= 4 is 33.5 Å². The summed E-state index contributed by atoms with van der Waals surface area (Å²) in [6.07, 6.45) is 3.76. The summed E-state index contributed by atoms with van der Waals surface area (Å²) in [5.74, 6) is 0. The Morgan fingerprint density at radius 2 is 2.00 bits per heavy atom. The number of hydrogen-bond acceptors (Lipinski definition) is 2. The van der Waals surface area contributed by atoms with Crippen LogP contribution in [0.4, 0.5) is 0 Å². The van der Waals surface area contributed by atoms with E-state index in [1.165, 1.54) is 0 Å². The Kier molecular flexibility index (Phi) is 2.89. The van der Waals surface area contributed by atoms with Crippen molar-refractivity contribution in [3.63, 3.8) is 0 Å². The first-order valence-corrected chi connectivity index (χ1v) is 7.40. The van der Waals surface area contributed by atoms with Crippen molar-refractivity contribution < 1.29 is 4.21 Å². The van der Waals surface area contributed by atoms with Crippen LogP contribution in [0.25, 0.3) is 10.9 Å². The maximum Gasteiger partial charge on any atom is 0.0918 e. The van der Waals surface area contributed by atoms with Gasteiger partial charge in [-0.05, 0) is 12.3 Å². The van der Waals surface area contributed by atoms with Crippen LogP contribution in [0, 0.1) is 0 Å². The van der Waals surface area contributed by atoms with Crippen molar-refractivity contribution in [2.75, 3.05) is 12.5 Å². The molecular weight excluding hydrogens is 226 g/mol. The number of fused-ring (bicyclic) bond motifs is 1. The molecule has 0 amide bonds. The molecule has 0 aliphatic rings. The summed E-state index contributed by atoms with van der Waals surface area (Å²) < 4.78 is 13.8. The van der Waals surface area contributed by atoms with Crippen molar-refractivity contribution in [2.45, 2.75) is 9.92 Å². The topological polar surface area (TPSA) is 22.0 Å². The third-order valence-corrected chi connectivity index (χ3v) is 4.47. The van der Waals surface area contributed by atoms with Crippen molar-refractivity contribution in [1.29, 1.82) is 0 Å². The predicted molar refractivity (Wildman–Crippen MR) is 67.0 cm³/mol. The Labute approximate surface area is 96.1 Å². The third kappa shape index (κ3) is 1.62. The third-order valence-electron chi connectivity index (χ3n) is 2.49. The average Bonchev–Trinajstić information content (AvgIpc) is 2.52. The Morgan fingerprint density at radius 3 is 2.60 bits per heavy atom. The summed E-state index contributed by atoms with van der Waals surface area (Å²) in [6, 6.07) is 8.09. The van der Waals surface area contributed by atoms with Gasteiger partial charge >= 0.3 is 0 Å². The monoisotopic (exact) mass is 239 g/mol. The molecule has 0 aliphatic heterocycles. The minimum atomic E-state index is -0.936. The highest BCUT2D eigenvalue weighted by atomic mass is 32.2. The van der Waals surface area contributed by atoms with Gasteiger partial charge in [0.2, 0.25) is 0 Å². The van der Waals surface area contributed by atoms with Crippen molar-refractivity contribution in [3.05, 3.63) is 24.3 Å². The second-order valence-electron chi connectivity index (χ2n) is 3.37. The van der Waals surface area contributed by atoms with E-state index in [4.69, 9.17) is 0 Å². The van der Waals surface area contributed by atoms with Gasteiger partial charge in [0.1, 0.15) is 0 Å². The fraction of sp³-hybridized carbons (Fsp3) is 0.273. The Balaban J connectivity index is 2.91. The SMILES string of the molecule is CSc1c([S@@](C)=O)c2ccccc2n1C. The van der Waals surface area contributed by atoms with Crippen LogP contribution < -0.4 is 0 Å². The molecule has 0 unspecified atom stereocenters. The van der Waals surface area contributed by atoms with Gasteiger partial charge in [-0.3, -0.25) is 4.21 Å². The first-order chi connectivity index (χ1) is 7.16. The minimum Gasteiger partial charge on any atom is -0.338 e. The number of rotatable bonds is 2. The van der Waals surface area contributed by atoms with E-state index in [9.17, 15) is 4.21 Å². The first-order valence-electron chi connectivity index (χ1n) is 4.61. The van der Waals surface area contributed by atoms with Gasteiger partial charge in [-0.15, -0.1) is 11.8 Å². The Morgan fingerprint density at radius 1 is 1.33 bits per heavy atom. The molecule has 2 aromatic rings. The maximum atomic E-state index is 11.7. The predicted octanol–water partition coefficient (Wildman–Crippen LogP) is 2.64. The first kappa shape index (κ1) is 10.8. The lowest BCUT2D eigenvalue weighted by Gasteiger charge is -2.01. The quantitative estimate of drug-likeness (QED) is 0.752. The van der Waals surface area contributed by atoms with E-state index in [0.717, 1.165) is 20.8 Å². The maximum absolute atomic E-state index is 11.7. The van der Waals surface area contributed by atoms with Crippen LogP contribution in [0.3, 0.4) is 0 Å². The highest BCUT2D eigenvalue weighted by molar-refractivity contribution is 7.99. The number of para-hydroxylation sites is 1. The largest absolute Gasteiger partial charge is 0.338 e. The molecule has 0 radical (unpaired) electrons. The van der Waals surface area contributed by atoms with Gasteiger partial charge in [-0.1, -0.05) is 18.2 Å². The molecule has 0 aliphatic carbocycles. The Hall–Kier alpha value is -0.740. The minimum absolute atomic E-state index is 0.936. The molecule has 4 heteroatoms. The summed E-state index contributed by atoms with van der Waals surface area (Å²) in [5, 5.41) is 2.20. The van der Waals surface area contributed by atoms with Crippen LogP contribution >= 0.6 is 11.8 Å². The standard InChI is InChI=1S/C11H13NOS2/c1-12-9-7-5-4-6-8(9)10(15(3)13)11(12)14-2/h4-7H,1-3H3/t15-/m1/s1. The molecule has 0 bridgehead atoms. The second-order valence-corrected chi connectivity index (χ2v) is 5.48. The average molecular weight is 239 g/mol. The lowest BCUT2D eigenvalue weighted by molar-refractivity contribution is 0.684. The molecule has 2 rings (SSSR count). The zero-order valence-corrected chi connectivity index (χ0v) is 10.6. The molecule has 1 aromatic heterocycles. The number of aryl methyl sites for hydroxylation is 1. The van der Waals surface area contributed by atoms with E-state index in [2.05, 4.69) is 10.6 Å². The summed E-state index contributed by atoms with van der Waals surface area (Å²) >= 11 is 1.65. The lowest BCUT2D eigenvalue weighted by atomic mass is 10.2. The highest BCUT2D eigenvalue weighted by Crippen LogP contribution is 2.33. The molecule has 1 heterocycles. The number of nitrogens with zero attached hydrogens (tertiary/aromatic N) is 1. The second kappa shape index (κ2) is 4.02. The molecule has 15 heavy (non-hydrogen) atoms. The summed E-state index contributed by atoms with van der Waals surface area (Å²) in [4.78, 5) is 0.959. The van der Waals surface area contributed by atoms with Crippen molar-refractivity contribution in [1.82, 2.24) is 4.57 Å². The van der Waals surface area contributed by atoms with Crippen molar-refractivity contribution in [3.8, 4) is 0 Å². The van der Waals surface area contributed by atoms with Crippen LogP contribution in [-0.4, -0.2) is 21.3 Å². The van der Waals surface area contributed by atoms with Crippen LogP contribution in [0.1, 0.15) is 0 Å². The van der Waals surface area contributed by atoms with E-state index < -0.39 is 10.8 Å². The molecule has 1 aromatic carbocycles. The van der Waals surface area contributed by atoms with Crippen LogP contribution in [0.5, 0.6) is 0 Å². The lowest BCUT2D eigenvalue weighted by Crippen LogP contribution is -1.92. The number of hydrogen-bond donors (Lipinski definition) is 0. The fourth-order valence-corrected chi connectivity index (χ4v) is 3.98. The van der Waals surface area contributed by atoms with Gasteiger partial charge < -0.3 is 4.57 Å². The van der Waals surface area contributed by atoms with Gasteiger partial charge in [-0.25, -0.2) is 0 Å². The zero-order chi connectivity index (χ0) is 11.0. The molecule has 1 atom stereocenters. The molecule has 0 saturated heterocycles. The molecule has 0 saturated carbocycles.